The monoisotopic (exact) mass is 348 g/mol. The molecule has 1 N–H and O–H groups in total. The molecule has 122 valence electrons. The molecule has 0 aliphatic heterocycles. The van der Waals surface area contributed by atoms with Crippen LogP contribution in [0, 0.1) is 0 Å². The van der Waals surface area contributed by atoms with E-state index in [9.17, 15) is 16.8 Å². The molecular formula is C12H16N2O6S2. The number of nitrogens with one attached hydrogen (secondary N) is 1. The van der Waals surface area contributed by atoms with Gasteiger partial charge in [-0.1, -0.05) is 0 Å². The first-order valence-corrected chi connectivity index (χ1v) is 9.22. The molecular weight excluding hydrogens is 332 g/mol. The molecule has 22 heavy (non-hydrogen) atoms. The maximum atomic E-state index is 12.2. The van der Waals surface area contributed by atoms with Crippen LogP contribution in [0.15, 0.2) is 55.8 Å². The van der Waals surface area contributed by atoms with Gasteiger partial charge in [-0.25, -0.2) is 21.6 Å². The number of hydrogen-bond donors (Lipinski definition) is 1. The van der Waals surface area contributed by atoms with E-state index < -0.39 is 26.1 Å². The minimum absolute atomic E-state index is 0.112. The predicted octanol–water partition coefficient (Wildman–Crippen LogP) is 0.860. The van der Waals surface area contributed by atoms with E-state index in [4.69, 9.17) is 8.83 Å². The third kappa shape index (κ3) is 3.40. The van der Waals surface area contributed by atoms with Gasteiger partial charge in [-0.05, 0) is 31.2 Å². The third-order valence-corrected chi connectivity index (χ3v) is 6.25. The molecule has 2 heterocycles. The highest BCUT2D eigenvalue weighted by molar-refractivity contribution is 7.89. The fourth-order valence-corrected chi connectivity index (χ4v) is 3.94. The lowest BCUT2D eigenvalue weighted by atomic mass is 10.4. The smallest absolute Gasteiger partial charge is 0.276 e. The second kappa shape index (κ2) is 6.24. The number of nitrogens with zero attached hydrogens (tertiary/aromatic N) is 1. The van der Waals surface area contributed by atoms with E-state index in [1.54, 1.807) is 6.92 Å². The summed E-state index contributed by atoms with van der Waals surface area (Å²) >= 11 is 0. The quantitative estimate of drug-likeness (QED) is 0.795. The molecule has 0 unspecified atom stereocenters. The highest BCUT2D eigenvalue weighted by atomic mass is 32.2. The maximum Gasteiger partial charge on any atom is 0.276 e. The standard InChI is InChI=1S/C12H16N2O6S2/c1-10(9-13-21(15,16)11-5-3-7-19-11)14(2)22(17,18)12-6-4-8-20-12/h3-8,10,13H,9H2,1-2H3/t10-/m1/s1. The van der Waals surface area contributed by atoms with Crippen LogP contribution in [0.4, 0.5) is 0 Å². The highest BCUT2D eigenvalue weighted by Crippen LogP contribution is 2.17. The number of sulfonamides is 2. The maximum absolute atomic E-state index is 12.2. The van der Waals surface area contributed by atoms with Gasteiger partial charge in [-0.2, -0.15) is 4.31 Å². The Kier molecular flexibility index (Phi) is 4.75. The summed E-state index contributed by atoms with van der Waals surface area (Å²) in [5, 5.41) is -0.424. The van der Waals surface area contributed by atoms with Crippen LogP contribution >= 0.6 is 0 Å². The van der Waals surface area contributed by atoms with Gasteiger partial charge in [-0.3, -0.25) is 0 Å². The first kappa shape index (κ1) is 16.7. The van der Waals surface area contributed by atoms with Gasteiger partial charge in [0.05, 0.1) is 12.5 Å². The summed E-state index contributed by atoms with van der Waals surface area (Å²) in [6, 6.07) is 4.91. The van der Waals surface area contributed by atoms with E-state index in [0.717, 1.165) is 4.31 Å². The zero-order chi connectivity index (χ0) is 16.4. The summed E-state index contributed by atoms with van der Waals surface area (Å²) in [5.74, 6) is 0. The lowest BCUT2D eigenvalue weighted by Crippen LogP contribution is -2.42. The van der Waals surface area contributed by atoms with Gasteiger partial charge in [0.1, 0.15) is 0 Å². The Balaban J connectivity index is 2.05. The van der Waals surface area contributed by atoms with Crippen molar-refractivity contribution in [3.8, 4) is 0 Å². The third-order valence-electron chi connectivity index (χ3n) is 3.08. The molecule has 8 nitrogen and oxygen atoms in total. The molecule has 0 spiro atoms. The average Bonchev–Trinajstić information content (AvgIpc) is 3.15. The Labute approximate surface area is 128 Å². The second-order valence-corrected chi connectivity index (χ2v) is 8.21. The molecule has 10 heteroatoms. The van der Waals surface area contributed by atoms with Crippen molar-refractivity contribution < 1.29 is 25.7 Å². The van der Waals surface area contributed by atoms with Gasteiger partial charge in [-0.15, -0.1) is 0 Å². The molecule has 0 bridgehead atoms. The second-order valence-electron chi connectivity index (χ2n) is 4.59. The molecule has 0 aromatic carbocycles. The number of furan rings is 2. The van der Waals surface area contributed by atoms with Gasteiger partial charge in [0.2, 0.25) is 10.2 Å². The van der Waals surface area contributed by atoms with Crippen LogP contribution < -0.4 is 4.72 Å². The topological polar surface area (TPSA) is 110 Å². The average molecular weight is 348 g/mol. The minimum Gasteiger partial charge on any atom is -0.452 e. The van der Waals surface area contributed by atoms with Crippen molar-refractivity contribution in [3.05, 3.63) is 36.8 Å². The summed E-state index contributed by atoms with van der Waals surface area (Å²) < 4.78 is 61.3. The van der Waals surface area contributed by atoms with Crippen molar-refractivity contribution in [2.45, 2.75) is 23.2 Å². The van der Waals surface area contributed by atoms with Crippen molar-refractivity contribution >= 4 is 20.0 Å². The molecule has 0 saturated carbocycles. The molecule has 0 aliphatic carbocycles. The van der Waals surface area contributed by atoms with Gasteiger partial charge in [0.25, 0.3) is 20.0 Å². The predicted molar refractivity (Wildman–Crippen MR) is 77.0 cm³/mol. The molecule has 0 fully saturated rings. The lowest BCUT2D eigenvalue weighted by Gasteiger charge is -2.23. The molecule has 0 amide bonds. The minimum atomic E-state index is -3.81. The number of rotatable bonds is 7. The summed E-state index contributed by atoms with van der Waals surface area (Å²) in [7, 11) is -6.26. The fourth-order valence-electron chi connectivity index (χ4n) is 1.64. The lowest BCUT2D eigenvalue weighted by molar-refractivity contribution is 0.361. The van der Waals surface area contributed by atoms with Crippen molar-refractivity contribution in [2.24, 2.45) is 0 Å². The Bertz CT molecular complexity index is 794. The summed E-state index contributed by atoms with van der Waals surface area (Å²) in [6.07, 6.45) is 2.50. The normalized spacial score (nSPS) is 14.3. The van der Waals surface area contributed by atoms with Gasteiger partial charge >= 0.3 is 0 Å². The van der Waals surface area contributed by atoms with Gasteiger partial charge in [0.15, 0.2) is 0 Å². The van der Waals surface area contributed by atoms with Gasteiger partial charge < -0.3 is 8.83 Å². The largest absolute Gasteiger partial charge is 0.452 e. The fraction of sp³-hybridized carbons (Fsp3) is 0.333. The SMILES string of the molecule is C[C@H](CNS(=O)(=O)c1ccco1)N(C)S(=O)(=O)c1ccco1. The summed E-state index contributed by atoms with van der Waals surface area (Å²) in [6.45, 7) is 1.46. The van der Waals surface area contributed by atoms with Crippen molar-refractivity contribution in [3.63, 3.8) is 0 Å². The first-order chi connectivity index (χ1) is 10.2. The molecule has 0 aliphatic rings. The van der Waals surface area contributed by atoms with Crippen molar-refractivity contribution in [2.75, 3.05) is 13.6 Å². The van der Waals surface area contributed by atoms with E-state index in [0.29, 0.717) is 0 Å². The van der Waals surface area contributed by atoms with Crippen LogP contribution in [0.1, 0.15) is 6.92 Å². The van der Waals surface area contributed by atoms with Crippen LogP contribution in [-0.4, -0.2) is 40.8 Å². The Morgan fingerprint density at radius 1 is 1.09 bits per heavy atom. The van der Waals surface area contributed by atoms with Crippen LogP contribution in [0.25, 0.3) is 0 Å². The number of likely N-dealkylation sites (N-methyl/N-ethyl adjacent to an activating group) is 1. The number of hydrogen-bond acceptors (Lipinski definition) is 6. The van der Waals surface area contributed by atoms with Crippen molar-refractivity contribution in [1.29, 1.82) is 0 Å². The zero-order valence-corrected chi connectivity index (χ0v) is 13.6. The van der Waals surface area contributed by atoms with E-state index >= 15 is 0 Å². The van der Waals surface area contributed by atoms with E-state index in [1.165, 1.54) is 43.8 Å². The Hall–Kier alpha value is -1.62. The van der Waals surface area contributed by atoms with E-state index in [2.05, 4.69) is 4.72 Å². The van der Waals surface area contributed by atoms with Crippen LogP contribution in [0.5, 0.6) is 0 Å². The molecule has 0 radical (unpaired) electrons. The molecule has 0 saturated heterocycles. The summed E-state index contributed by atoms with van der Waals surface area (Å²) in [4.78, 5) is 0. The summed E-state index contributed by atoms with van der Waals surface area (Å²) in [5.41, 5.74) is 0. The van der Waals surface area contributed by atoms with E-state index in [-0.39, 0.29) is 16.7 Å². The van der Waals surface area contributed by atoms with Gasteiger partial charge in [0, 0.05) is 19.6 Å². The molecule has 2 aromatic heterocycles. The highest BCUT2D eigenvalue weighted by Gasteiger charge is 2.29. The zero-order valence-electron chi connectivity index (χ0n) is 12.0. The van der Waals surface area contributed by atoms with Crippen LogP contribution in [0.3, 0.4) is 0 Å². The first-order valence-electron chi connectivity index (χ1n) is 6.30. The Morgan fingerprint density at radius 3 is 2.14 bits per heavy atom. The van der Waals surface area contributed by atoms with E-state index in [1.807, 2.05) is 0 Å². The molecule has 1 atom stereocenters. The van der Waals surface area contributed by atoms with Crippen LogP contribution in [-0.2, 0) is 20.0 Å². The van der Waals surface area contributed by atoms with Crippen LogP contribution in [0.2, 0.25) is 0 Å². The molecule has 2 rings (SSSR count). The van der Waals surface area contributed by atoms with Crippen molar-refractivity contribution in [1.82, 2.24) is 9.03 Å². The molecule has 2 aromatic rings. The Morgan fingerprint density at radius 2 is 1.64 bits per heavy atom.